The van der Waals surface area contributed by atoms with Gasteiger partial charge in [-0.3, -0.25) is 4.85 Å². The van der Waals surface area contributed by atoms with E-state index in [1.54, 1.807) is 7.11 Å². The summed E-state index contributed by atoms with van der Waals surface area (Å²) in [7, 11) is 1.56. The van der Waals surface area contributed by atoms with Crippen molar-refractivity contribution >= 4 is 0 Å². The third-order valence-electron chi connectivity index (χ3n) is 0.939. The Hall–Kier alpha value is 0.0994. The average molecular weight is 211 g/mol. The Labute approximate surface area is 69.8 Å². The van der Waals surface area contributed by atoms with E-state index >= 15 is 0 Å². The van der Waals surface area contributed by atoms with Crippen LogP contribution in [0.3, 0.4) is 0 Å². The van der Waals surface area contributed by atoms with Crippen LogP contribution in [0.1, 0.15) is 13.8 Å². The van der Waals surface area contributed by atoms with Crippen LogP contribution in [-0.2, 0) is 24.8 Å². The van der Waals surface area contributed by atoms with E-state index < -0.39 is 0 Å². The van der Waals surface area contributed by atoms with Gasteiger partial charge in [-0.15, -0.1) is 0 Å². The molecule has 0 spiro atoms. The number of methoxy groups -OCH3 is 1. The van der Waals surface area contributed by atoms with Crippen molar-refractivity contribution in [1.29, 1.82) is 0 Å². The first kappa shape index (κ1) is 11.8. The Morgan fingerprint density at radius 2 is 1.89 bits per heavy atom. The molecule has 0 aromatic rings. The topological polar surface area (TPSA) is 13.6 Å². The Bertz CT molecular complexity index is 97.7. The van der Waals surface area contributed by atoms with E-state index in [0.29, 0.717) is 5.92 Å². The van der Waals surface area contributed by atoms with Crippen LogP contribution in [0.5, 0.6) is 0 Å². The fraction of sp³-hybridized carbons (Fsp3) is 0.833. The molecule has 0 heterocycles. The van der Waals surface area contributed by atoms with Crippen molar-refractivity contribution in [3.05, 3.63) is 11.4 Å². The molecule has 0 aliphatic rings. The molecule has 0 aliphatic heterocycles. The van der Waals surface area contributed by atoms with Crippen molar-refractivity contribution in [3.8, 4) is 0 Å². The summed E-state index contributed by atoms with van der Waals surface area (Å²) < 4.78 is 4.81. The third-order valence-corrected chi connectivity index (χ3v) is 0.939. The smallest absolute Gasteiger partial charge is 0.314 e. The van der Waals surface area contributed by atoms with E-state index in [-0.39, 0.29) is 26.3 Å². The number of hydrogen-bond donors (Lipinski definition) is 0. The summed E-state index contributed by atoms with van der Waals surface area (Å²) in [5.41, 5.74) is 0. The van der Waals surface area contributed by atoms with Gasteiger partial charge < -0.3 is 4.74 Å². The van der Waals surface area contributed by atoms with E-state index in [0.717, 1.165) is 0 Å². The Morgan fingerprint density at radius 3 is 1.89 bits per heavy atom. The maximum atomic E-state index is 6.59. The fourth-order valence-electron chi connectivity index (χ4n) is 0.474. The van der Waals surface area contributed by atoms with Gasteiger partial charge in [-0.25, -0.2) is 6.57 Å². The van der Waals surface area contributed by atoms with Crippen molar-refractivity contribution in [2.75, 3.05) is 7.11 Å². The van der Waals surface area contributed by atoms with Gasteiger partial charge in [-0.1, -0.05) is 13.8 Å². The van der Waals surface area contributed by atoms with Crippen molar-refractivity contribution in [2.24, 2.45) is 5.92 Å². The first-order valence-electron chi connectivity index (χ1n) is 2.61. The zero-order chi connectivity index (χ0) is 6.57. The molecule has 1 atom stereocenters. The molecule has 0 amide bonds. The summed E-state index contributed by atoms with van der Waals surface area (Å²) in [6.45, 7) is 10.5. The minimum absolute atomic E-state index is 0. The second kappa shape index (κ2) is 6.22. The maximum Gasteiger partial charge on any atom is 0.329 e. The van der Waals surface area contributed by atoms with Crippen molar-refractivity contribution in [3.63, 3.8) is 0 Å². The average Bonchev–Trinajstić information content (AvgIpc) is 1.69. The van der Waals surface area contributed by atoms with Crippen LogP contribution < -0.4 is 0 Å². The molecule has 0 bridgehead atoms. The third kappa shape index (κ3) is 4.59. The van der Waals surface area contributed by atoms with Gasteiger partial charge in [0.05, 0.1) is 5.92 Å². The maximum absolute atomic E-state index is 6.59. The van der Waals surface area contributed by atoms with E-state index in [9.17, 15) is 0 Å². The molecule has 3 heteroatoms. The molecule has 0 aromatic carbocycles. The largest absolute Gasteiger partial charge is 0.329 e. The monoisotopic (exact) mass is 210 g/mol. The van der Waals surface area contributed by atoms with Crippen LogP contribution in [-0.4, -0.2) is 13.3 Å². The summed E-state index contributed by atoms with van der Waals surface area (Å²) in [5, 5.41) is 0. The van der Waals surface area contributed by atoms with Gasteiger partial charge in [0.15, 0.2) is 0 Å². The number of hydrogen-bond acceptors (Lipinski definition) is 1. The molecule has 9 heavy (non-hydrogen) atoms. The van der Waals surface area contributed by atoms with Crippen molar-refractivity contribution < 1.29 is 24.8 Å². The molecule has 53 valence electrons. The number of rotatable bonds is 2. The zero-order valence-electron chi connectivity index (χ0n) is 5.89. The van der Waals surface area contributed by atoms with Crippen molar-refractivity contribution in [1.82, 2.24) is 0 Å². The van der Waals surface area contributed by atoms with Crippen LogP contribution >= 0.6 is 0 Å². The fourth-order valence-corrected chi connectivity index (χ4v) is 0.474. The van der Waals surface area contributed by atoms with Gasteiger partial charge in [-0.05, 0) is 0 Å². The molecule has 2 nitrogen and oxygen atoms in total. The molecule has 1 unspecified atom stereocenters. The molecule has 0 saturated heterocycles. The SMILES string of the molecule is [C-]#[N+]C(OC)C(C)C.[Tc]. The quantitative estimate of drug-likeness (QED) is 0.631. The van der Waals surface area contributed by atoms with Crippen LogP contribution in [0.2, 0.25) is 0 Å². The zero-order valence-corrected chi connectivity index (χ0v) is 7.75. The first-order valence-corrected chi connectivity index (χ1v) is 2.61. The molecular weight excluding hydrogens is 200 g/mol. The minimum atomic E-state index is -0.255. The normalized spacial score (nSPS) is 11.9. The van der Waals surface area contributed by atoms with Gasteiger partial charge in [0.2, 0.25) is 0 Å². The van der Waals surface area contributed by atoms with Gasteiger partial charge in [0, 0.05) is 27.2 Å². The summed E-state index contributed by atoms with van der Waals surface area (Å²) >= 11 is 0. The molecule has 0 N–H and O–H groups in total. The molecule has 0 saturated carbocycles. The van der Waals surface area contributed by atoms with Gasteiger partial charge in [-0.2, -0.15) is 0 Å². The van der Waals surface area contributed by atoms with Crippen LogP contribution in [0.4, 0.5) is 0 Å². The van der Waals surface area contributed by atoms with Crippen LogP contribution in [0.15, 0.2) is 0 Å². The molecule has 0 fully saturated rings. The molecular formula is C6H11NOTc. The van der Waals surface area contributed by atoms with Gasteiger partial charge in [0.1, 0.15) is 0 Å². The van der Waals surface area contributed by atoms with Crippen molar-refractivity contribution in [2.45, 2.75) is 20.1 Å². The standard InChI is InChI=1S/C6H11NO.Tc/c1-5(2)6(7-3)8-4;/h5-6H,1-2,4H3;. The van der Waals surface area contributed by atoms with Crippen LogP contribution in [0.25, 0.3) is 4.85 Å². The molecule has 0 aromatic heterocycles. The Balaban J connectivity index is 0. The van der Waals surface area contributed by atoms with E-state index in [2.05, 4.69) is 4.85 Å². The minimum Gasteiger partial charge on any atom is -0.314 e. The first-order chi connectivity index (χ1) is 3.72. The van der Waals surface area contributed by atoms with Crippen LogP contribution in [0, 0.1) is 12.5 Å². The predicted octanol–water partition coefficient (Wildman–Crippen LogP) is 1.53. The van der Waals surface area contributed by atoms with E-state index in [4.69, 9.17) is 11.3 Å². The molecule has 0 rings (SSSR count). The second-order valence-electron chi connectivity index (χ2n) is 2.00. The van der Waals surface area contributed by atoms with Gasteiger partial charge in [0.25, 0.3) is 0 Å². The number of ether oxygens (including phenoxy) is 1. The van der Waals surface area contributed by atoms with E-state index in [1.807, 2.05) is 13.8 Å². The summed E-state index contributed by atoms with van der Waals surface area (Å²) in [5.74, 6) is 0.303. The number of nitrogens with zero attached hydrogens (tertiary/aromatic N) is 1. The predicted molar refractivity (Wildman–Crippen MR) is 32.2 cm³/mol. The second-order valence-corrected chi connectivity index (χ2v) is 2.00. The summed E-state index contributed by atoms with van der Waals surface area (Å²) in [6.07, 6.45) is -0.255. The van der Waals surface area contributed by atoms with Gasteiger partial charge >= 0.3 is 6.23 Å². The molecule has 0 aliphatic carbocycles. The Morgan fingerprint density at radius 1 is 1.44 bits per heavy atom. The Kier molecular flexibility index (Phi) is 8.19. The summed E-state index contributed by atoms with van der Waals surface area (Å²) in [4.78, 5) is 3.23. The van der Waals surface area contributed by atoms with E-state index in [1.165, 1.54) is 0 Å². The molecule has 1 radical (unpaired) electrons. The summed E-state index contributed by atoms with van der Waals surface area (Å²) in [6, 6.07) is 0.